The Bertz CT molecular complexity index is 591. The van der Waals surface area contributed by atoms with Crippen molar-refractivity contribution in [3.8, 4) is 0 Å². The molecule has 2 rings (SSSR count). The van der Waals surface area contributed by atoms with Gasteiger partial charge in [-0.15, -0.1) is 0 Å². The van der Waals surface area contributed by atoms with Crippen LogP contribution >= 0.6 is 0 Å². The molecule has 1 aromatic rings. The number of likely N-dealkylation sites (tertiary alicyclic amines) is 1. The summed E-state index contributed by atoms with van der Waals surface area (Å²) in [6.45, 7) is 8.05. The maximum absolute atomic E-state index is 11.3. The summed E-state index contributed by atoms with van der Waals surface area (Å²) in [4.78, 5) is 6.70. The van der Waals surface area contributed by atoms with Crippen LogP contribution in [0.5, 0.6) is 0 Å². The first-order valence-electron chi connectivity index (χ1n) is 7.67. The third kappa shape index (κ3) is 5.03. The smallest absolute Gasteiger partial charge is 0.232 e. The molecule has 0 spiro atoms. The van der Waals surface area contributed by atoms with Crippen molar-refractivity contribution >= 4 is 10.0 Å². The summed E-state index contributed by atoms with van der Waals surface area (Å²) >= 11 is 0. The van der Waals surface area contributed by atoms with Crippen molar-refractivity contribution in [1.29, 1.82) is 0 Å². The fourth-order valence-electron chi connectivity index (χ4n) is 2.55. The van der Waals surface area contributed by atoms with Crippen molar-refractivity contribution in [2.75, 3.05) is 19.3 Å². The first-order chi connectivity index (χ1) is 10.1. The van der Waals surface area contributed by atoms with Crippen LogP contribution in [0.2, 0.25) is 0 Å². The standard InChI is InChI=1S/C14H26N4O3S/c1-14(2,3)13-16-12(17-21-13)10-18-8-6-5-7-11(18)9-15-22(4,19)20/h11,15H,5-10H2,1-4H3. The SMILES string of the molecule is CC(C)(C)c1nc(CN2CCCCC2CNS(C)(=O)=O)no1. The summed E-state index contributed by atoms with van der Waals surface area (Å²) in [5.74, 6) is 1.29. The molecule has 1 aliphatic heterocycles. The Morgan fingerprint density at radius 2 is 2.09 bits per heavy atom. The van der Waals surface area contributed by atoms with Crippen LogP contribution in [0, 0.1) is 0 Å². The summed E-state index contributed by atoms with van der Waals surface area (Å²) in [7, 11) is -3.16. The van der Waals surface area contributed by atoms with Gasteiger partial charge >= 0.3 is 0 Å². The van der Waals surface area contributed by atoms with Gasteiger partial charge < -0.3 is 4.52 Å². The van der Waals surface area contributed by atoms with E-state index < -0.39 is 10.0 Å². The lowest BCUT2D eigenvalue weighted by Gasteiger charge is -2.34. The summed E-state index contributed by atoms with van der Waals surface area (Å²) in [5.41, 5.74) is -0.162. The highest BCUT2D eigenvalue weighted by molar-refractivity contribution is 7.88. The Labute approximate surface area is 132 Å². The second-order valence-corrected chi connectivity index (χ2v) is 8.84. The zero-order valence-corrected chi connectivity index (χ0v) is 14.6. The van der Waals surface area contributed by atoms with Crippen molar-refractivity contribution in [1.82, 2.24) is 19.8 Å². The van der Waals surface area contributed by atoms with Crippen LogP contribution in [0.25, 0.3) is 0 Å². The first kappa shape index (κ1) is 17.4. The summed E-state index contributed by atoms with van der Waals surface area (Å²) in [6.07, 6.45) is 4.40. The number of piperidine rings is 1. The molecule has 0 aliphatic carbocycles. The van der Waals surface area contributed by atoms with Crippen LogP contribution < -0.4 is 4.72 Å². The van der Waals surface area contributed by atoms with E-state index >= 15 is 0 Å². The van der Waals surface area contributed by atoms with Gasteiger partial charge in [0.05, 0.1) is 12.8 Å². The minimum atomic E-state index is -3.16. The van der Waals surface area contributed by atoms with Crippen LogP contribution in [0.4, 0.5) is 0 Å². The van der Waals surface area contributed by atoms with E-state index in [1.54, 1.807) is 0 Å². The highest BCUT2D eigenvalue weighted by atomic mass is 32.2. The maximum atomic E-state index is 11.3. The van der Waals surface area contributed by atoms with Crippen molar-refractivity contribution in [2.24, 2.45) is 0 Å². The van der Waals surface area contributed by atoms with Gasteiger partial charge in [0.2, 0.25) is 15.9 Å². The van der Waals surface area contributed by atoms with Crippen LogP contribution in [0.1, 0.15) is 51.7 Å². The van der Waals surface area contributed by atoms with E-state index in [1.165, 1.54) is 6.26 Å². The summed E-state index contributed by atoms with van der Waals surface area (Å²) in [6, 6.07) is 0.181. The van der Waals surface area contributed by atoms with E-state index in [0.717, 1.165) is 25.8 Å². The predicted octanol–water partition coefficient (Wildman–Crippen LogP) is 1.27. The van der Waals surface area contributed by atoms with Crippen LogP contribution in [-0.2, 0) is 22.0 Å². The zero-order valence-electron chi connectivity index (χ0n) is 13.8. The maximum Gasteiger partial charge on any atom is 0.232 e. The molecule has 0 saturated carbocycles. The lowest BCUT2D eigenvalue weighted by atomic mass is 9.97. The van der Waals surface area contributed by atoms with Crippen LogP contribution in [-0.4, -0.2) is 48.8 Å². The zero-order chi connectivity index (χ0) is 16.4. The molecule has 0 bridgehead atoms. The number of rotatable bonds is 5. The minimum absolute atomic E-state index is 0.162. The Hall–Kier alpha value is -0.990. The second kappa shape index (κ2) is 6.64. The summed E-state index contributed by atoms with van der Waals surface area (Å²) < 4.78 is 30.5. The molecular weight excluding hydrogens is 304 g/mol. The molecule has 1 unspecified atom stereocenters. The number of hydrogen-bond donors (Lipinski definition) is 1. The molecule has 8 heteroatoms. The number of aromatic nitrogens is 2. The van der Waals surface area contributed by atoms with Crippen molar-refractivity contribution in [3.05, 3.63) is 11.7 Å². The Morgan fingerprint density at radius 1 is 1.36 bits per heavy atom. The molecule has 0 aromatic carbocycles. The third-order valence-corrected chi connectivity index (χ3v) is 4.48. The first-order valence-corrected chi connectivity index (χ1v) is 9.56. The van der Waals surface area contributed by atoms with E-state index in [-0.39, 0.29) is 11.5 Å². The monoisotopic (exact) mass is 330 g/mol. The predicted molar refractivity (Wildman–Crippen MR) is 83.9 cm³/mol. The van der Waals surface area contributed by atoms with Crippen molar-refractivity contribution in [3.63, 3.8) is 0 Å². The lowest BCUT2D eigenvalue weighted by molar-refractivity contribution is 0.137. The number of nitrogens with zero attached hydrogens (tertiary/aromatic N) is 3. The van der Waals surface area contributed by atoms with Gasteiger partial charge in [0, 0.05) is 18.0 Å². The van der Waals surface area contributed by atoms with E-state index in [0.29, 0.717) is 24.8 Å². The Morgan fingerprint density at radius 3 is 2.68 bits per heavy atom. The average molecular weight is 330 g/mol. The summed E-state index contributed by atoms with van der Waals surface area (Å²) in [5, 5.41) is 4.05. The van der Waals surface area contributed by atoms with Gasteiger partial charge in [-0.2, -0.15) is 4.98 Å². The molecule has 2 heterocycles. The van der Waals surface area contributed by atoms with Gasteiger partial charge in [0.1, 0.15) is 0 Å². The van der Waals surface area contributed by atoms with E-state index in [1.807, 2.05) is 20.8 Å². The molecule has 1 aromatic heterocycles. The number of sulfonamides is 1. The highest BCUT2D eigenvalue weighted by Crippen LogP contribution is 2.22. The van der Waals surface area contributed by atoms with E-state index in [9.17, 15) is 8.42 Å². The molecule has 1 fully saturated rings. The fraction of sp³-hybridized carbons (Fsp3) is 0.857. The Kier molecular flexibility index (Phi) is 5.24. The van der Waals surface area contributed by atoms with E-state index in [2.05, 4.69) is 19.8 Å². The van der Waals surface area contributed by atoms with E-state index in [4.69, 9.17) is 4.52 Å². The van der Waals surface area contributed by atoms with Gasteiger partial charge in [-0.05, 0) is 19.4 Å². The third-order valence-electron chi connectivity index (χ3n) is 3.78. The number of hydrogen-bond acceptors (Lipinski definition) is 6. The van der Waals surface area contributed by atoms with Gasteiger partial charge in [-0.25, -0.2) is 13.1 Å². The molecule has 126 valence electrons. The normalized spacial score (nSPS) is 21.2. The van der Waals surface area contributed by atoms with Gasteiger partial charge in [0.25, 0.3) is 0 Å². The number of nitrogens with one attached hydrogen (secondary N) is 1. The molecule has 1 N–H and O–H groups in total. The fourth-order valence-corrected chi connectivity index (χ4v) is 3.05. The quantitative estimate of drug-likeness (QED) is 0.875. The molecule has 1 aliphatic rings. The minimum Gasteiger partial charge on any atom is -0.339 e. The molecule has 1 saturated heterocycles. The van der Waals surface area contributed by atoms with Gasteiger partial charge in [-0.1, -0.05) is 32.3 Å². The van der Waals surface area contributed by atoms with Crippen molar-refractivity contribution < 1.29 is 12.9 Å². The molecule has 1 atom stereocenters. The molecule has 22 heavy (non-hydrogen) atoms. The molecule has 0 amide bonds. The average Bonchev–Trinajstić information content (AvgIpc) is 2.85. The lowest BCUT2D eigenvalue weighted by Crippen LogP contribution is -2.46. The second-order valence-electron chi connectivity index (χ2n) is 7.01. The Balaban J connectivity index is 2.00. The molecular formula is C14H26N4O3S. The van der Waals surface area contributed by atoms with Crippen molar-refractivity contribution in [2.45, 2.75) is 58.0 Å². The molecule has 0 radical (unpaired) electrons. The largest absolute Gasteiger partial charge is 0.339 e. The van der Waals surface area contributed by atoms with Gasteiger partial charge in [-0.3, -0.25) is 4.90 Å². The molecule has 7 nitrogen and oxygen atoms in total. The topological polar surface area (TPSA) is 88.3 Å². The van der Waals surface area contributed by atoms with Crippen LogP contribution in [0.3, 0.4) is 0 Å². The van der Waals surface area contributed by atoms with Gasteiger partial charge in [0.15, 0.2) is 5.82 Å². The highest BCUT2D eigenvalue weighted by Gasteiger charge is 2.26. The van der Waals surface area contributed by atoms with Crippen LogP contribution in [0.15, 0.2) is 4.52 Å².